The molecular weight excluding hydrogens is 564 g/mol. The Morgan fingerprint density at radius 2 is 0.587 bits per heavy atom. The van der Waals surface area contributed by atoms with E-state index in [1.165, 1.54) is 62.7 Å². The van der Waals surface area contributed by atoms with Crippen LogP contribution in [0.25, 0.3) is 11.1 Å². The first kappa shape index (κ1) is 34.6. The zero-order valence-corrected chi connectivity index (χ0v) is 28.4. The summed E-state index contributed by atoms with van der Waals surface area (Å²) in [5.74, 6) is 0. The lowest BCUT2D eigenvalue weighted by molar-refractivity contribution is 0.678. The van der Waals surface area contributed by atoms with Gasteiger partial charge in [0.15, 0.2) is 0 Å². The molecule has 0 unspecified atom stereocenters. The van der Waals surface area contributed by atoms with Crippen LogP contribution in [0.4, 0.5) is 34.1 Å². The fraction of sp³-hybridized carbons (Fsp3) is 0.400. The Morgan fingerprint density at radius 1 is 0.348 bits per heavy atom. The van der Waals surface area contributed by atoms with Crippen molar-refractivity contribution in [1.29, 1.82) is 0 Å². The molecule has 242 valence electrons. The van der Waals surface area contributed by atoms with Gasteiger partial charge in [0.1, 0.15) is 0 Å². The van der Waals surface area contributed by atoms with Crippen molar-refractivity contribution >= 4 is 34.1 Å². The van der Waals surface area contributed by atoms with Gasteiger partial charge in [0.2, 0.25) is 0 Å². The lowest BCUT2D eigenvalue weighted by Gasteiger charge is -2.24. The summed E-state index contributed by atoms with van der Waals surface area (Å²) >= 11 is 0. The summed E-state index contributed by atoms with van der Waals surface area (Å²) in [6.45, 7) is 13.4. The second-order valence-electron chi connectivity index (χ2n) is 11.9. The largest absolute Gasteiger partial charge is 0.372 e. The minimum Gasteiger partial charge on any atom is -0.372 e. The van der Waals surface area contributed by atoms with E-state index in [1.54, 1.807) is 0 Å². The second kappa shape index (κ2) is 19.3. The van der Waals surface area contributed by atoms with Gasteiger partial charge in [0.25, 0.3) is 0 Å². The molecule has 0 N–H and O–H groups in total. The normalized spacial score (nSPS) is 11.5. The molecule has 0 saturated heterocycles. The van der Waals surface area contributed by atoms with Crippen LogP contribution in [0.3, 0.4) is 0 Å². The van der Waals surface area contributed by atoms with E-state index >= 15 is 0 Å². The molecule has 6 heteroatoms. The van der Waals surface area contributed by atoms with Gasteiger partial charge in [-0.3, -0.25) is 0 Å². The number of benzene rings is 4. The van der Waals surface area contributed by atoms with Crippen LogP contribution in [-0.4, -0.2) is 26.2 Å². The van der Waals surface area contributed by atoms with Gasteiger partial charge in [-0.2, -0.15) is 20.5 Å². The smallest absolute Gasteiger partial charge is 0.0858 e. The van der Waals surface area contributed by atoms with Crippen LogP contribution in [-0.2, 0) is 0 Å². The maximum atomic E-state index is 4.48. The standard InChI is InChI=1S/C40H52N6/c1-5-9-29-45(30-10-6-2)39-25-21-37(22-26-39)43-41-35-17-13-33(14-18-35)34-15-19-36(20-16-34)42-44-38-23-27-40(28-24-38)46(31-11-7-3)32-12-8-4/h13-28H,5-12,29-32H2,1-4H3/b43-41+,44-42+. The first-order valence-electron chi connectivity index (χ1n) is 17.4. The minimum absolute atomic E-state index is 0.829. The summed E-state index contributed by atoms with van der Waals surface area (Å²) in [5, 5.41) is 17.9. The van der Waals surface area contributed by atoms with Crippen molar-refractivity contribution in [2.24, 2.45) is 20.5 Å². The Bertz CT molecular complexity index is 1330. The molecule has 0 saturated carbocycles. The average Bonchev–Trinajstić information content (AvgIpc) is 3.11. The average molecular weight is 617 g/mol. The van der Waals surface area contributed by atoms with Crippen molar-refractivity contribution in [3.8, 4) is 11.1 Å². The summed E-state index contributed by atoms with van der Waals surface area (Å²) in [6, 6.07) is 33.3. The maximum Gasteiger partial charge on any atom is 0.0858 e. The second-order valence-corrected chi connectivity index (χ2v) is 11.9. The summed E-state index contributed by atoms with van der Waals surface area (Å²) in [7, 11) is 0. The number of azo groups is 2. The third-order valence-corrected chi connectivity index (χ3v) is 8.19. The fourth-order valence-electron chi connectivity index (χ4n) is 5.27. The Kier molecular flexibility index (Phi) is 14.5. The van der Waals surface area contributed by atoms with Crippen LogP contribution in [0.2, 0.25) is 0 Å². The topological polar surface area (TPSA) is 55.9 Å². The monoisotopic (exact) mass is 616 g/mol. The Balaban J connectivity index is 1.32. The predicted octanol–water partition coefficient (Wildman–Crippen LogP) is 13.0. The molecule has 46 heavy (non-hydrogen) atoms. The molecule has 4 rings (SSSR count). The molecule has 0 atom stereocenters. The molecule has 0 aliphatic rings. The first-order chi connectivity index (χ1) is 22.6. The van der Waals surface area contributed by atoms with Crippen LogP contribution < -0.4 is 9.80 Å². The number of nitrogens with zero attached hydrogens (tertiary/aromatic N) is 6. The van der Waals surface area contributed by atoms with Crippen molar-refractivity contribution in [3.05, 3.63) is 97.1 Å². The predicted molar refractivity (Wildman–Crippen MR) is 197 cm³/mol. The van der Waals surface area contributed by atoms with Crippen LogP contribution in [0.1, 0.15) is 79.1 Å². The minimum atomic E-state index is 0.829. The van der Waals surface area contributed by atoms with Gasteiger partial charge < -0.3 is 9.80 Å². The lowest BCUT2D eigenvalue weighted by atomic mass is 10.1. The third kappa shape index (κ3) is 10.9. The molecule has 0 heterocycles. The summed E-state index contributed by atoms with van der Waals surface area (Å²) in [4.78, 5) is 4.97. The Morgan fingerprint density at radius 3 is 0.826 bits per heavy atom. The summed E-state index contributed by atoms with van der Waals surface area (Å²) < 4.78 is 0. The highest BCUT2D eigenvalue weighted by Crippen LogP contribution is 2.28. The highest BCUT2D eigenvalue weighted by molar-refractivity contribution is 5.67. The molecule has 6 nitrogen and oxygen atoms in total. The zero-order valence-electron chi connectivity index (χ0n) is 28.4. The number of hydrogen-bond donors (Lipinski definition) is 0. The number of anilines is 2. The SMILES string of the molecule is CCCCN(CCCC)c1ccc(/N=N/c2ccc(-c3ccc(/N=N/c4ccc(N(CCCC)CCCC)cc4)cc3)cc2)cc1. The van der Waals surface area contributed by atoms with Gasteiger partial charge in [-0.15, -0.1) is 0 Å². The molecule has 0 aromatic heterocycles. The van der Waals surface area contributed by atoms with E-state index in [2.05, 4.69) is 131 Å². The molecule has 0 aliphatic heterocycles. The van der Waals surface area contributed by atoms with Crippen molar-refractivity contribution < 1.29 is 0 Å². The molecule has 0 fully saturated rings. The van der Waals surface area contributed by atoms with Gasteiger partial charge in [-0.25, -0.2) is 0 Å². The van der Waals surface area contributed by atoms with Crippen LogP contribution in [0.5, 0.6) is 0 Å². The molecular formula is C40H52N6. The highest BCUT2D eigenvalue weighted by Gasteiger charge is 2.07. The zero-order chi connectivity index (χ0) is 32.4. The van der Waals surface area contributed by atoms with E-state index in [1.807, 2.05) is 24.3 Å². The van der Waals surface area contributed by atoms with Gasteiger partial charge in [-0.1, -0.05) is 77.6 Å². The quantitative estimate of drug-likeness (QED) is 0.0984. The van der Waals surface area contributed by atoms with Crippen LogP contribution in [0.15, 0.2) is 118 Å². The van der Waals surface area contributed by atoms with Crippen molar-refractivity contribution in [2.45, 2.75) is 79.1 Å². The summed E-state index contributed by atoms with van der Waals surface area (Å²) in [6.07, 6.45) is 9.67. The van der Waals surface area contributed by atoms with Crippen molar-refractivity contribution in [3.63, 3.8) is 0 Å². The summed E-state index contributed by atoms with van der Waals surface area (Å²) in [5.41, 5.74) is 8.15. The molecule has 4 aromatic rings. The number of unbranched alkanes of at least 4 members (excludes halogenated alkanes) is 4. The molecule has 0 bridgehead atoms. The van der Waals surface area contributed by atoms with E-state index in [9.17, 15) is 0 Å². The van der Waals surface area contributed by atoms with E-state index in [-0.39, 0.29) is 0 Å². The third-order valence-electron chi connectivity index (χ3n) is 8.19. The van der Waals surface area contributed by atoms with Gasteiger partial charge >= 0.3 is 0 Å². The van der Waals surface area contributed by atoms with E-state index < -0.39 is 0 Å². The highest BCUT2D eigenvalue weighted by atomic mass is 15.1. The van der Waals surface area contributed by atoms with Crippen molar-refractivity contribution in [1.82, 2.24) is 0 Å². The van der Waals surface area contributed by atoms with Crippen molar-refractivity contribution in [2.75, 3.05) is 36.0 Å². The van der Waals surface area contributed by atoms with Gasteiger partial charge in [0, 0.05) is 37.6 Å². The van der Waals surface area contributed by atoms with Gasteiger partial charge in [0.05, 0.1) is 22.7 Å². The van der Waals surface area contributed by atoms with Crippen LogP contribution >= 0.6 is 0 Å². The number of rotatable bonds is 19. The molecule has 0 spiro atoms. The Hall–Kier alpha value is -4.32. The van der Waals surface area contributed by atoms with E-state index in [0.717, 1.165) is 60.1 Å². The fourth-order valence-corrected chi connectivity index (χ4v) is 5.27. The molecule has 4 aromatic carbocycles. The Labute approximate surface area is 277 Å². The van der Waals surface area contributed by atoms with Crippen LogP contribution in [0, 0.1) is 0 Å². The number of hydrogen-bond acceptors (Lipinski definition) is 6. The molecule has 0 radical (unpaired) electrons. The lowest BCUT2D eigenvalue weighted by Crippen LogP contribution is -2.25. The molecule has 0 aliphatic carbocycles. The molecule has 0 amide bonds. The van der Waals surface area contributed by atoms with E-state index in [4.69, 9.17) is 0 Å². The van der Waals surface area contributed by atoms with Gasteiger partial charge in [-0.05, 0) is 110 Å². The first-order valence-corrected chi connectivity index (χ1v) is 17.4. The van der Waals surface area contributed by atoms with E-state index in [0.29, 0.717) is 0 Å². The maximum absolute atomic E-state index is 4.48.